The van der Waals surface area contributed by atoms with E-state index in [1.165, 1.54) is 21.0 Å². The van der Waals surface area contributed by atoms with Gasteiger partial charge in [-0.3, -0.25) is 0 Å². The number of thioether (sulfide) groups is 2. The third-order valence-electron chi connectivity index (χ3n) is 1.89. The highest BCUT2D eigenvalue weighted by Gasteiger charge is 2.31. The van der Waals surface area contributed by atoms with Crippen molar-refractivity contribution >= 4 is 56.4 Å². The fourth-order valence-electron chi connectivity index (χ4n) is 1.11. The van der Waals surface area contributed by atoms with E-state index < -0.39 is 0 Å². The van der Waals surface area contributed by atoms with Gasteiger partial charge in [0.25, 0.3) is 0 Å². The zero-order valence-electron chi connectivity index (χ0n) is 6.63. The first-order valence-electron chi connectivity index (χ1n) is 3.47. The Labute approximate surface area is 90.9 Å². The van der Waals surface area contributed by atoms with Crippen molar-refractivity contribution in [3.63, 3.8) is 0 Å². The fourth-order valence-corrected chi connectivity index (χ4v) is 4.21. The highest BCUT2D eigenvalue weighted by atomic mass is 32.2. The van der Waals surface area contributed by atoms with Gasteiger partial charge in [0, 0.05) is 9.81 Å². The van der Waals surface area contributed by atoms with E-state index in [2.05, 4.69) is 13.8 Å². The molecule has 0 aliphatic carbocycles. The van der Waals surface area contributed by atoms with Gasteiger partial charge in [-0.25, -0.2) is 0 Å². The number of rotatable bonds is 0. The third kappa shape index (κ3) is 1.13. The summed E-state index contributed by atoms with van der Waals surface area (Å²) in [5.74, 6) is 0. The van der Waals surface area contributed by atoms with E-state index >= 15 is 0 Å². The molecule has 4 heteroatoms. The van der Waals surface area contributed by atoms with E-state index in [1.54, 1.807) is 23.5 Å². The zero-order valence-corrected chi connectivity index (χ0v) is 9.90. The minimum Gasteiger partial charge on any atom is -0.0764 e. The van der Waals surface area contributed by atoms with Crippen LogP contribution in [-0.2, 0) is 0 Å². The quantitative estimate of drug-likeness (QED) is 0.582. The summed E-state index contributed by atoms with van der Waals surface area (Å²) >= 11 is 13.8. The predicted octanol–water partition coefficient (Wildman–Crippen LogP) is 3.68. The van der Waals surface area contributed by atoms with Crippen molar-refractivity contribution in [2.24, 2.45) is 0 Å². The van der Waals surface area contributed by atoms with Gasteiger partial charge in [-0.1, -0.05) is 48.0 Å². The second-order valence-corrected chi connectivity index (χ2v) is 6.06. The molecule has 12 heavy (non-hydrogen) atoms. The molecule has 62 valence electrons. The molecule has 0 aromatic heterocycles. The van der Waals surface area contributed by atoms with E-state index in [0.29, 0.717) is 0 Å². The van der Waals surface area contributed by atoms with Gasteiger partial charge < -0.3 is 0 Å². The molecule has 0 atom stereocenters. The molecular weight excluding hydrogens is 224 g/mol. The lowest BCUT2D eigenvalue weighted by Gasteiger charge is -1.94. The Morgan fingerprint density at radius 2 is 1.17 bits per heavy atom. The molecule has 0 aromatic rings. The minimum absolute atomic E-state index is 1.01. The highest BCUT2D eigenvalue weighted by molar-refractivity contribution is 8.32. The predicted molar refractivity (Wildman–Crippen MR) is 65.8 cm³/mol. The summed E-state index contributed by atoms with van der Waals surface area (Å²) in [5.41, 5.74) is 2.46. The molecule has 0 unspecified atom stereocenters. The van der Waals surface area contributed by atoms with Crippen LogP contribution in [0.1, 0.15) is 13.8 Å². The van der Waals surface area contributed by atoms with Crippen LogP contribution in [0.15, 0.2) is 21.0 Å². The first-order chi connectivity index (χ1) is 5.61. The minimum atomic E-state index is 1.01. The number of fused-ring (bicyclic) bond motifs is 1. The number of thiocarbonyl (C=S) groups is 2. The normalized spacial score (nSPS) is 22.8. The van der Waals surface area contributed by atoms with Crippen molar-refractivity contribution < 1.29 is 0 Å². The average Bonchev–Trinajstić information content (AvgIpc) is 2.43. The van der Waals surface area contributed by atoms with Gasteiger partial charge in [0.1, 0.15) is 0 Å². The Kier molecular flexibility index (Phi) is 2.19. The van der Waals surface area contributed by atoms with Crippen LogP contribution in [0.4, 0.5) is 0 Å². The summed E-state index contributed by atoms with van der Waals surface area (Å²) in [4.78, 5) is 2.60. The monoisotopic (exact) mass is 230 g/mol. The molecule has 2 aliphatic rings. The molecule has 0 aromatic carbocycles. The standard InChI is InChI=1S/C8H6S4/c1-3-5-6(12-7(3)9)4(2)8(10)11-5/h1-2H3. The van der Waals surface area contributed by atoms with E-state index in [0.717, 1.165) is 8.39 Å². The molecule has 0 amide bonds. The SMILES string of the molecule is CC1=C2SC(=S)C(C)=C2SC1=S. The van der Waals surface area contributed by atoms with E-state index in [4.69, 9.17) is 24.4 Å². The molecule has 2 heterocycles. The van der Waals surface area contributed by atoms with Gasteiger partial charge in [0.15, 0.2) is 0 Å². The fraction of sp³-hybridized carbons (Fsp3) is 0.250. The molecule has 0 radical (unpaired) electrons. The Morgan fingerprint density at radius 3 is 1.50 bits per heavy atom. The van der Waals surface area contributed by atoms with Gasteiger partial charge in [0.2, 0.25) is 0 Å². The molecule has 0 fully saturated rings. The van der Waals surface area contributed by atoms with Gasteiger partial charge in [0.05, 0.1) is 8.39 Å². The summed E-state index contributed by atoms with van der Waals surface area (Å²) in [6.45, 7) is 4.15. The number of hydrogen-bond donors (Lipinski definition) is 0. The Bertz CT molecular complexity index is 323. The second-order valence-electron chi connectivity index (χ2n) is 2.69. The second kappa shape index (κ2) is 2.94. The third-order valence-corrected chi connectivity index (χ3v) is 5.54. The maximum atomic E-state index is 5.20. The lowest BCUT2D eigenvalue weighted by molar-refractivity contribution is 1.57. The van der Waals surface area contributed by atoms with E-state index in [1.807, 2.05) is 0 Å². The molecule has 0 N–H and O–H groups in total. The lowest BCUT2D eigenvalue weighted by Crippen LogP contribution is -1.86. The molecule has 2 rings (SSSR count). The van der Waals surface area contributed by atoms with E-state index in [9.17, 15) is 0 Å². The van der Waals surface area contributed by atoms with Crippen molar-refractivity contribution in [1.82, 2.24) is 0 Å². The van der Waals surface area contributed by atoms with Crippen LogP contribution in [0.5, 0.6) is 0 Å². The number of hydrogen-bond acceptors (Lipinski definition) is 4. The summed E-state index contributed by atoms with van der Waals surface area (Å²) in [6.07, 6.45) is 0. The van der Waals surface area contributed by atoms with Crippen LogP contribution in [0.3, 0.4) is 0 Å². The largest absolute Gasteiger partial charge is 0.0794 e. The summed E-state index contributed by atoms with van der Waals surface area (Å²) in [7, 11) is 0. The summed E-state index contributed by atoms with van der Waals surface area (Å²) < 4.78 is 2.02. The van der Waals surface area contributed by atoms with Crippen LogP contribution in [0.25, 0.3) is 0 Å². The first kappa shape index (κ1) is 8.94. The molecule has 0 nitrogen and oxygen atoms in total. The van der Waals surface area contributed by atoms with Crippen molar-refractivity contribution in [2.45, 2.75) is 13.8 Å². The van der Waals surface area contributed by atoms with Crippen LogP contribution in [0.2, 0.25) is 0 Å². The van der Waals surface area contributed by atoms with Gasteiger partial charge in [-0.15, -0.1) is 0 Å². The molecule has 0 bridgehead atoms. The van der Waals surface area contributed by atoms with Crippen molar-refractivity contribution in [2.75, 3.05) is 0 Å². The maximum absolute atomic E-state index is 5.20. The Hall–Kier alpha value is 0.360. The molecule has 2 aliphatic heterocycles. The van der Waals surface area contributed by atoms with Crippen molar-refractivity contribution in [3.8, 4) is 0 Å². The summed E-state index contributed by atoms with van der Waals surface area (Å²) in [6, 6.07) is 0. The molecule has 0 saturated heterocycles. The summed E-state index contributed by atoms with van der Waals surface area (Å²) in [5, 5.41) is 0. The van der Waals surface area contributed by atoms with Gasteiger partial charge in [-0.2, -0.15) is 0 Å². The molecule has 0 spiro atoms. The van der Waals surface area contributed by atoms with Crippen molar-refractivity contribution in [1.29, 1.82) is 0 Å². The topological polar surface area (TPSA) is 0 Å². The van der Waals surface area contributed by atoms with Gasteiger partial charge in [-0.05, 0) is 25.0 Å². The van der Waals surface area contributed by atoms with Crippen LogP contribution < -0.4 is 0 Å². The highest BCUT2D eigenvalue weighted by Crippen LogP contribution is 2.52. The van der Waals surface area contributed by atoms with Crippen LogP contribution >= 0.6 is 48.0 Å². The maximum Gasteiger partial charge on any atom is 0.0794 e. The molecular formula is C8H6S4. The van der Waals surface area contributed by atoms with Crippen LogP contribution in [0, 0.1) is 0 Å². The molecule has 0 saturated carbocycles. The smallest absolute Gasteiger partial charge is 0.0764 e. The van der Waals surface area contributed by atoms with E-state index in [-0.39, 0.29) is 0 Å². The van der Waals surface area contributed by atoms with Crippen molar-refractivity contribution in [3.05, 3.63) is 21.0 Å². The van der Waals surface area contributed by atoms with Crippen LogP contribution in [-0.4, -0.2) is 8.39 Å². The lowest BCUT2D eigenvalue weighted by atomic mass is 10.2. The first-order valence-corrected chi connectivity index (χ1v) is 5.92. The zero-order chi connectivity index (χ0) is 8.88. The van der Waals surface area contributed by atoms with Gasteiger partial charge >= 0.3 is 0 Å². The Balaban J connectivity index is 2.59. The average molecular weight is 230 g/mol. The Morgan fingerprint density at radius 1 is 0.833 bits per heavy atom.